The van der Waals surface area contributed by atoms with Gasteiger partial charge < -0.3 is 9.05 Å². The summed E-state index contributed by atoms with van der Waals surface area (Å²) in [4.78, 5) is 0. The molecule has 0 bridgehead atoms. The fourth-order valence-corrected chi connectivity index (χ4v) is 2.90. The predicted octanol–water partition coefficient (Wildman–Crippen LogP) is 1.60. The van der Waals surface area contributed by atoms with Crippen molar-refractivity contribution in [2.75, 3.05) is 20.7 Å². The quantitative estimate of drug-likeness (QED) is 0.592. The maximum absolute atomic E-state index is 5.56. The van der Waals surface area contributed by atoms with Gasteiger partial charge in [0, 0.05) is 0 Å². The van der Waals surface area contributed by atoms with E-state index in [0.29, 0.717) is 0 Å². The average Bonchev–Trinajstić information content (AvgIpc) is 1.86. The van der Waals surface area contributed by atoms with Crippen molar-refractivity contribution in [2.45, 2.75) is 19.4 Å². The summed E-state index contributed by atoms with van der Waals surface area (Å²) < 4.78 is 12.9. The molecule has 1 rings (SSSR count). The van der Waals surface area contributed by atoms with Gasteiger partial charge in [0.1, 0.15) is 0 Å². The van der Waals surface area contributed by atoms with E-state index in [1.54, 1.807) is 0 Å². The van der Waals surface area contributed by atoms with Crippen LogP contribution in [0.4, 0.5) is 0 Å². The van der Waals surface area contributed by atoms with Crippen LogP contribution in [0.5, 0.6) is 0 Å². The third-order valence-electron chi connectivity index (χ3n) is 1.58. The summed E-state index contributed by atoms with van der Waals surface area (Å²) in [6, 6.07) is 0. The van der Waals surface area contributed by atoms with Gasteiger partial charge >= 0.3 is 0 Å². The second-order valence-corrected chi connectivity index (χ2v) is 6.44. The van der Waals surface area contributed by atoms with Crippen LogP contribution in [0.3, 0.4) is 0 Å². The highest BCUT2D eigenvalue weighted by Crippen LogP contribution is 2.54. The van der Waals surface area contributed by atoms with E-state index in [0.717, 1.165) is 13.0 Å². The zero-order valence-electron chi connectivity index (χ0n) is 7.11. The van der Waals surface area contributed by atoms with Crippen molar-refractivity contribution in [3.05, 3.63) is 0 Å². The molecule has 11 heavy (non-hydrogen) atoms. The van der Waals surface area contributed by atoms with Crippen molar-refractivity contribution >= 4 is 18.4 Å². The highest BCUT2D eigenvalue weighted by atomic mass is 32.5. The molecule has 0 unspecified atom stereocenters. The lowest BCUT2D eigenvalue weighted by molar-refractivity contribution is 0.100. The lowest BCUT2D eigenvalue weighted by atomic mass is 10.3. The topological polar surface area (TPSA) is 21.7 Å². The van der Waals surface area contributed by atoms with E-state index in [4.69, 9.17) is 20.9 Å². The van der Waals surface area contributed by atoms with Crippen molar-refractivity contribution in [1.29, 1.82) is 0 Å². The molecule has 3 nitrogen and oxygen atoms in total. The van der Waals surface area contributed by atoms with Gasteiger partial charge in [-0.15, -0.1) is 0 Å². The monoisotopic (exact) mass is 195 g/mol. The van der Waals surface area contributed by atoms with Crippen molar-refractivity contribution in [2.24, 2.45) is 0 Å². The predicted molar refractivity (Wildman–Crippen MR) is 49.1 cm³/mol. The smallest absolute Gasteiger partial charge is 0.263 e. The Morgan fingerprint density at radius 3 is 2.55 bits per heavy atom. The Bertz CT molecular complexity index is 185. The zero-order chi connectivity index (χ0) is 8.48. The highest BCUT2D eigenvalue weighted by Gasteiger charge is 2.28. The lowest BCUT2D eigenvalue weighted by Crippen LogP contribution is -2.23. The summed E-state index contributed by atoms with van der Waals surface area (Å²) in [6.07, 6.45) is 1.20. The van der Waals surface area contributed by atoms with Crippen LogP contribution in [0.1, 0.15) is 13.3 Å². The van der Waals surface area contributed by atoms with Gasteiger partial charge in [0.25, 0.3) is 6.64 Å². The summed E-state index contributed by atoms with van der Waals surface area (Å²) in [7, 11) is 3.80. The fraction of sp³-hybridized carbons (Fsp3) is 1.00. The summed E-state index contributed by atoms with van der Waals surface area (Å²) in [6.45, 7) is 0.693. The summed E-state index contributed by atoms with van der Waals surface area (Å²) >= 11 is 5.25. The van der Waals surface area contributed by atoms with Crippen molar-refractivity contribution in [1.82, 2.24) is 4.67 Å². The van der Waals surface area contributed by atoms with Crippen LogP contribution < -0.4 is 0 Å². The van der Waals surface area contributed by atoms with Gasteiger partial charge in [0.15, 0.2) is 0 Å². The van der Waals surface area contributed by atoms with Crippen LogP contribution in [0.2, 0.25) is 0 Å². The van der Waals surface area contributed by atoms with Crippen LogP contribution in [-0.4, -0.2) is 31.5 Å². The molecule has 1 aliphatic rings. The Balaban J connectivity index is 2.63. The molecule has 0 saturated carbocycles. The first-order valence-corrected chi connectivity index (χ1v) is 6.24. The van der Waals surface area contributed by atoms with Crippen molar-refractivity contribution in [3.8, 4) is 0 Å². The van der Waals surface area contributed by atoms with E-state index in [9.17, 15) is 0 Å². The minimum absolute atomic E-state index is 0.247. The van der Waals surface area contributed by atoms with Crippen LogP contribution in [0.25, 0.3) is 0 Å². The van der Waals surface area contributed by atoms with Crippen LogP contribution in [0.15, 0.2) is 0 Å². The van der Waals surface area contributed by atoms with E-state index in [1.807, 2.05) is 25.7 Å². The molecule has 66 valence electrons. The third kappa shape index (κ3) is 2.23. The van der Waals surface area contributed by atoms with Gasteiger partial charge in [0.05, 0.1) is 12.7 Å². The van der Waals surface area contributed by atoms with E-state index in [1.165, 1.54) is 0 Å². The van der Waals surface area contributed by atoms with Crippen molar-refractivity contribution in [3.63, 3.8) is 0 Å². The average molecular weight is 195 g/mol. The Hall–Kier alpha value is 0.530. The first-order chi connectivity index (χ1) is 5.04. The third-order valence-corrected chi connectivity index (χ3v) is 5.25. The van der Waals surface area contributed by atoms with Gasteiger partial charge in [-0.3, -0.25) is 0 Å². The van der Waals surface area contributed by atoms with Gasteiger partial charge in [0.2, 0.25) is 0 Å². The molecule has 0 aromatic carbocycles. The molecular weight excluding hydrogens is 181 g/mol. The molecule has 0 aromatic rings. The molecule has 1 heterocycles. The SMILES string of the molecule is C[C@H]1CCO[P@](=S)(N(C)C)O1. The molecule has 0 aromatic heterocycles. The number of hydrogen-bond acceptors (Lipinski definition) is 3. The second-order valence-electron chi connectivity index (χ2n) is 2.85. The molecule has 1 fully saturated rings. The maximum atomic E-state index is 5.56. The number of rotatable bonds is 1. The first-order valence-electron chi connectivity index (χ1n) is 3.65. The molecule has 5 heteroatoms. The number of hydrogen-bond donors (Lipinski definition) is 0. The minimum Gasteiger partial charge on any atom is -0.318 e. The summed E-state index contributed by atoms with van der Waals surface area (Å²) in [5.74, 6) is 0. The Labute approximate surface area is 72.9 Å². The summed E-state index contributed by atoms with van der Waals surface area (Å²) in [5.41, 5.74) is 0. The minimum atomic E-state index is -2.07. The standard InChI is InChI=1S/C6H14NO2PS/c1-6-4-5-8-10(11,9-6)7(2)3/h6H,4-5H2,1-3H3/t6-,10+/m0/s1. The van der Waals surface area contributed by atoms with E-state index in [-0.39, 0.29) is 6.10 Å². The van der Waals surface area contributed by atoms with Crippen LogP contribution in [-0.2, 0) is 20.9 Å². The largest absolute Gasteiger partial charge is 0.318 e. The van der Waals surface area contributed by atoms with Gasteiger partial charge in [-0.25, -0.2) is 4.67 Å². The molecular formula is C6H14NO2PS. The molecule has 2 atom stereocenters. The first kappa shape index (κ1) is 9.62. The van der Waals surface area contributed by atoms with Crippen LogP contribution in [0, 0.1) is 0 Å². The molecule has 0 radical (unpaired) electrons. The molecule has 0 spiro atoms. The van der Waals surface area contributed by atoms with Gasteiger partial charge in [-0.1, -0.05) is 0 Å². The zero-order valence-corrected chi connectivity index (χ0v) is 8.82. The second kappa shape index (κ2) is 3.50. The molecule has 1 aliphatic heterocycles. The molecule has 1 saturated heterocycles. The van der Waals surface area contributed by atoms with Gasteiger partial charge in [-0.05, 0) is 39.2 Å². The van der Waals surface area contributed by atoms with Crippen LogP contribution >= 0.6 is 6.64 Å². The number of nitrogens with zero attached hydrogens (tertiary/aromatic N) is 1. The normalized spacial score (nSPS) is 39.5. The Morgan fingerprint density at radius 1 is 1.55 bits per heavy atom. The Morgan fingerprint density at radius 2 is 2.18 bits per heavy atom. The fourth-order valence-electron chi connectivity index (χ4n) is 0.854. The molecule has 0 amide bonds. The van der Waals surface area contributed by atoms with E-state index < -0.39 is 6.64 Å². The Kier molecular flexibility index (Phi) is 3.06. The lowest BCUT2D eigenvalue weighted by Gasteiger charge is -2.34. The van der Waals surface area contributed by atoms with E-state index >= 15 is 0 Å². The van der Waals surface area contributed by atoms with E-state index in [2.05, 4.69) is 0 Å². The molecule has 0 aliphatic carbocycles. The summed E-state index contributed by atoms with van der Waals surface area (Å²) in [5, 5.41) is 0. The highest BCUT2D eigenvalue weighted by molar-refractivity contribution is 8.08. The van der Waals surface area contributed by atoms with Crippen molar-refractivity contribution < 1.29 is 9.05 Å². The maximum Gasteiger partial charge on any atom is 0.263 e. The van der Waals surface area contributed by atoms with Gasteiger partial charge in [-0.2, -0.15) is 0 Å². The molecule has 0 N–H and O–H groups in total.